The fraction of sp³-hybridized carbons (Fsp3) is 0.500. The van der Waals surface area contributed by atoms with Gasteiger partial charge in [0.25, 0.3) is 0 Å². The molecule has 0 bridgehead atoms. The van der Waals surface area contributed by atoms with E-state index >= 15 is 0 Å². The number of piperazine rings is 1. The van der Waals surface area contributed by atoms with Crippen molar-refractivity contribution >= 4 is 52.4 Å². The molecule has 1 saturated carbocycles. The molecule has 3 heterocycles. The Bertz CT molecular complexity index is 1460. The van der Waals surface area contributed by atoms with Crippen LogP contribution < -0.4 is 11.1 Å². The second-order valence-electron chi connectivity index (χ2n) is 11.8. The first kappa shape index (κ1) is 33.4. The van der Waals surface area contributed by atoms with Gasteiger partial charge in [-0.05, 0) is 43.4 Å². The number of methoxy groups -OCH3 is 2. The smallest absolute Gasteiger partial charge is 0.336 e. The Labute approximate surface area is 277 Å². The molecule has 1 amide bonds. The van der Waals surface area contributed by atoms with Crippen molar-refractivity contribution in [2.75, 3.05) is 53.5 Å². The van der Waals surface area contributed by atoms with Gasteiger partial charge in [-0.1, -0.05) is 35.7 Å². The van der Waals surface area contributed by atoms with Gasteiger partial charge in [-0.3, -0.25) is 9.69 Å². The Balaban J connectivity index is 1.48. The Morgan fingerprint density at radius 3 is 2.20 bits per heavy atom. The zero-order chi connectivity index (χ0) is 32.1. The largest absolute Gasteiger partial charge is 0.466 e. The lowest BCUT2D eigenvalue weighted by Crippen LogP contribution is -2.54. The van der Waals surface area contributed by atoms with Crippen LogP contribution in [0.4, 0.5) is 0 Å². The average Bonchev–Trinajstić information content (AvgIpc) is 3.55. The van der Waals surface area contributed by atoms with Crippen LogP contribution >= 0.6 is 34.5 Å². The van der Waals surface area contributed by atoms with Crippen LogP contribution in [0.2, 0.25) is 10.0 Å². The molecule has 13 heteroatoms. The standard InChI is InChI=1S/C32H39Cl2N5O5S/c1-43-30(41)27-22(7-8-24-36-11-16-45-24)37-23(28(31(42)44-2)29(27)26-20(33)5-3-6-21(26)34)17-25(40)39-14-12-38(13-15-39)19-32(18-35)9-4-10-32/h3,5-6,11,16,29,37H,4,7-10,12-15,17-19,35H2,1-2H3. The number of dihydropyridines is 1. The van der Waals surface area contributed by atoms with E-state index in [0.29, 0.717) is 49.4 Å². The molecular formula is C32H39Cl2N5O5S. The highest BCUT2D eigenvalue weighted by Crippen LogP contribution is 2.46. The molecule has 3 N–H and O–H groups in total. The molecule has 1 saturated heterocycles. The number of rotatable bonds is 11. The van der Waals surface area contributed by atoms with Gasteiger partial charge in [-0.2, -0.15) is 0 Å². The molecule has 5 rings (SSSR count). The first-order valence-corrected chi connectivity index (χ1v) is 16.8. The van der Waals surface area contributed by atoms with Crippen LogP contribution in [0, 0.1) is 5.41 Å². The average molecular weight is 677 g/mol. The lowest BCUT2D eigenvalue weighted by molar-refractivity contribution is -0.137. The monoisotopic (exact) mass is 675 g/mol. The highest BCUT2D eigenvalue weighted by Gasteiger charge is 2.42. The Kier molecular flexibility index (Phi) is 10.9. The van der Waals surface area contributed by atoms with Crippen molar-refractivity contribution in [3.05, 3.63) is 72.9 Å². The highest BCUT2D eigenvalue weighted by atomic mass is 35.5. The van der Waals surface area contributed by atoms with E-state index < -0.39 is 17.9 Å². The Morgan fingerprint density at radius 2 is 1.67 bits per heavy atom. The number of carbonyl (C=O) groups excluding carboxylic acids is 3. The van der Waals surface area contributed by atoms with Gasteiger partial charge in [0.1, 0.15) is 0 Å². The van der Waals surface area contributed by atoms with Gasteiger partial charge in [0, 0.05) is 77.7 Å². The predicted molar refractivity (Wildman–Crippen MR) is 174 cm³/mol. The van der Waals surface area contributed by atoms with E-state index in [1.165, 1.54) is 32.0 Å². The molecule has 2 fully saturated rings. The van der Waals surface area contributed by atoms with Crippen molar-refractivity contribution in [3.8, 4) is 0 Å². The van der Waals surface area contributed by atoms with E-state index in [0.717, 1.165) is 37.5 Å². The minimum Gasteiger partial charge on any atom is -0.466 e. The number of aryl methyl sites for hydroxylation is 1. The van der Waals surface area contributed by atoms with Crippen molar-refractivity contribution in [1.82, 2.24) is 20.1 Å². The molecule has 0 radical (unpaired) electrons. The summed E-state index contributed by atoms with van der Waals surface area (Å²) in [5, 5.41) is 6.58. The Hall–Kier alpha value is -2.96. The van der Waals surface area contributed by atoms with Crippen molar-refractivity contribution < 1.29 is 23.9 Å². The lowest BCUT2D eigenvalue weighted by atomic mass is 9.68. The van der Waals surface area contributed by atoms with Gasteiger partial charge in [0.15, 0.2) is 0 Å². The normalized spacial score (nSPS) is 20.0. The summed E-state index contributed by atoms with van der Waals surface area (Å²) in [7, 11) is 2.54. The molecule has 2 aliphatic heterocycles. The molecule has 242 valence electrons. The third kappa shape index (κ3) is 7.23. The number of halogens is 2. The van der Waals surface area contributed by atoms with Crippen molar-refractivity contribution in [3.63, 3.8) is 0 Å². The van der Waals surface area contributed by atoms with Gasteiger partial charge in [-0.15, -0.1) is 11.3 Å². The van der Waals surface area contributed by atoms with E-state index in [9.17, 15) is 14.4 Å². The lowest BCUT2D eigenvalue weighted by Gasteiger charge is -2.46. The fourth-order valence-electron chi connectivity index (χ4n) is 6.53. The molecule has 3 aliphatic rings. The molecule has 0 spiro atoms. The highest BCUT2D eigenvalue weighted by molar-refractivity contribution is 7.09. The number of nitrogens with one attached hydrogen (secondary N) is 1. The van der Waals surface area contributed by atoms with Crippen LogP contribution in [0.25, 0.3) is 0 Å². The van der Waals surface area contributed by atoms with Crippen LogP contribution in [0.15, 0.2) is 52.3 Å². The van der Waals surface area contributed by atoms with Gasteiger partial charge < -0.3 is 25.4 Å². The van der Waals surface area contributed by atoms with E-state index in [2.05, 4.69) is 15.2 Å². The summed E-state index contributed by atoms with van der Waals surface area (Å²) in [4.78, 5) is 49.5. The quantitative estimate of drug-likeness (QED) is 0.336. The molecular weight excluding hydrogens is 637 g/mol. The summed E-state index contributed by atoms with van der Waals surface area (Å²) < 4.78 is 10.5. The first-order chi connectivity index (χ1) is 21.7. The summed E-state index contributed by atoms with van der Waals surface area (Å²) >= 11 is 14.9. The number of hydrogen-bond donors (Lipinski definition) is 2. The van der Waals surface area contributed by atoms with E-state index in [4.69, 9.17) is 38.4 Å². The predicted octanol–water partition coefficient (Wildman–Crippen LogP) is 4.29. The van der Waals surface area contributed by atoms with Crippen LogP contribution in [0.5, 0.6) is 0 Å². The minimum absolute atomic E-state index is 0.0905. The number of allylic oxidation sites excluding steroid dienone is 1. The number of benzene rings is 1. The molecule has 45 heavy (non-hydrogen) atoms. The van der Waals surface area contributed by atoms with Crippen molar-refractivity contribution in [2.24, 2.45) is 11.1 Å². The van der Waals surface area contributed by atoms with Crippen LogP contribution in [0.1, 0.15) is 48.6 Å². The maximum absolute atomic E-state index is 13.8. The number of ether oxygens (including phenoxy) is 2. The molecule has 2 aromatic rings. The summed E-state index contributed by atoms with van der Waals surface area (Å²) in [5.74, 6) is -2.53. The maximum Gasteiger partial charge on any atom is 0.336 e. The summed E-state index contributed by atoms with van der Waals surface area (Å²) in [5.41, 5.74) is 7.77. The molecule has 1 aromatic heterocycles. The third-order valence-corrected chi connectivity index (χ3v) is 10.7. The van der Waals surface area contributed by atoms with Crippen LogP contribution in [0.3, 0.4) is 0 Å². The summed E-state index contributed by atoms with van der Waals surface area (Å²) in [6, 6.07) is 4.98. The third-order valence-electron chi connectivity index (χ3n) is 9.16. The fourth-order valence-corrected chi connectivity index (χ4v) is 7.76. The number of aromatic nitrogens is 1. The number of esters is 2. The topological polar surface area (TPSA) is 127 Å². The number of nitrogens with two attached hydrogens (primary N) is 1. The summed E-state index contributed by atoms with van der Waals surface area (Å²) in [6.45, 7) is 4.29. The Morgan fingerprint density at radius 1 is 1.02 bits per heavy atom. The van der Waals surface area contributed by atoms with Crippen LogP contribution in [-0.2, 0) is 30.3 Å². The number of hydrogen-bond acceptors (Lipinski definition) is 10. The number of carbonyl (C=O) groups is 3. The van der Waals surface area contributed by atoms with E-state index in [-0.39, 0.29) is 38.9 Å². The number of nitrogens with zero attached hydrogens (tertiary/aromatic N) is 3. The SMILES string of the molecule is COC(=O)C1=C(CCc2nccs2)NC(CC(=O)N2CCN(CC3(CN)CCC3)CC2)=C(C(=O)OC)C1c1c(Cl)cccc1Cl. The van der Waals surface area contributed by atoms with Crippen molar-refractivity contribution in [1.29, 1.82) is 0 Å². The van der Waals surface area contributed by atoms with Gasteiger partial charge >= 0.3 is 11.9 Å². The number of amides is 1. The van der Waals surface area contributed by atoms with E-state index in [1.54, 1.807) is 24.4 Å². The first-order valence-electron chi connectivity index (χ1n) is 15.1. The minimum atomic E-state index is -1.03. The van der Waals surface area contributed by atoms with Gasteiger partial charge in [0.05, 0.1) is 42.7 Å². The molecule has 1 unspecified atom stereocenters. The zero-order valence-electron chi connectivity index (χ0n) is 25.6. The van der Waals surface area contributed by atoms with Gasteiger partial charge in [-0.25, -0.2) is 14.6 Å². The second kappa shape index (κ2) is 14.6. The maximum atomic E-state index is 13.8. The van der Waals surface area contributed by atoms with Gasteiger partial charge in [0.2, 0.25) is 5.91 Å². The molecule has 1 aromatic carbocycles. The molecule has 1 atom stereocenters. The second-order valence-corrected chi connectivity index (χ2v) is 13.6. The number of thiazole rings is 1. The van der Waals surface area contributed by atoms with Crippen molar-refractivity contribution in [2.45, 2.75) is 44.4 Å². The van der Waals surface area contributed by atoms with E-state index in [1.807, 2.05) is 10.3 Å². The molecule has 10 nitrogen and oxygen atoms in total. The van der Waals surface area contributed by atoms with Crippen LogP contribution in [-0.4, -0.2) is 86.1 Å². The zero-order valence-corrected chi connectivity index (χ0v) is 27.9. The molecule has 1 aliphatic carbocycles. The summed E-state index contributed by atoms with van der Waals surface area (Å²) in [6.07, 6.45) is 6.03.